The maximum absolute atomic E-state index is 13.2. The maximum Gasteiger partial charge on any atom is 0.336 e. The Balaban J connectivity index is 2.45. The Bertz CT molecular complexity index is 652. The van der Waals surface area contributed by atoms with Crippen LogP contribution in [0, 0.1) is 19.7 Å². The van der Waals surface area contributed by atoms with Gasteiger partial charge in [0.15, 0.2) is 0 Å². The van der Waals surface area contributed by atoms with Crippen molar-refractivity contribution >= 4 is 17.6 Å². The molecule has 0 radical (unpaired) electrons. The zero-order valence-electron chi connectivity index (χ0n) is 10.4. The molecule has 0 saturated carbocycles. The molecule has 4 nitrogen and oxygen atoms in total. The third-order valence-corrected chi connectivity index (χ3v) is 3.46. The van der Waals surface area contributed by atoms with Crippen LogP contribution in [-0.2, 0) is 6.54 Å². The first-order valence-electron chi connectivity index (χ1n) is 5.61. The van der Waals surface area contributed by atoms with Crippen LogP contribution in [-0.4, -0.2) is 20.9 Å². The van der Waals surface area contributed by atoms with Crippen molar-refractivity contribution in [2.24, 2.45) is 0 Å². The van der Waals surface area contributed by atoms with Gasteiger partial charge in [0.1, 0.15) is 5.82 Å². The highest BCUT2D eigenvalue weighted by molar-refractivity contribution is 6.31. The Morgan fingerprint density at radius 3 is 2.68 bits per heavy atom. The van der Waals surface area contributed by atoms with E-state index in [1.165, 1.54) is 12.1 Å². The van der Waals surface area contributed by atoms with Crippen molar-refractivity contribution in [1.29, 1.82) is 0 Å². The molecule has 19 heavy (non-hydrogen) atoms. The third-order valence-electron chi connectivity index (χ3n) is 2.91. The Kier molecular flexibility index (Phi) is 3.57. The van der Waals surface area contributed by atoms with Crippen molar-refractivity contribution in [1.82, 2.24) is 9.78 Å². The molecule has 0 fully saturated rings. The summed E-state index contributed by atoms with van der Waals surface area (Å²) >= 11 is 6.02. The van der Waals surface area contributed by atoms with Crippen LogP contribution in [0.25, 0.3) is 0 Å². The second kappa shape index (κ2) is 5.01. The molecule has 0 unspecified atom stereocenters. The van der Waals surface area contributed by atoms with Crippen molar-refractivity contribution in [2.45, 2.75) is 20.4 Å². The van der Waals surface area contributed by atoms with E-state index < -0.39 is 11.8 Å². The van der Waals surface area contributed by atoms with Crippen LogP contribution in [0.2, 0.25) is 5.02 Å². The molecule has 2 aromatic rings. The van der Waals surface area contributed by atoms with Crippen molar-refractivity contribution in [3.8, 4) is 0 Å². The molecule has 0 atom stereocenters. The summed E-state index contributed by atoms with van der Waals surface area (Å²) in [5, 5.41) is 13.8. The number of halogens is 2. The molecule has 0 amide bonds. The van der Waals surface area contributed by atoms with Gasteiger partial charge in [-0.2, -0.15) is 5.10 Å². The van der Waals surface area contributed by atoms with Crippen molar-refractivity contribution in [3.05, 3.63) is 51.6 Å². The number of hydrogen-bond donors (Lipinski definition) is 1. The summed E-state index contributed by atoms with van der Waals surface area (Å²) in [5.74, 6) is -1.57. The van der Waals surface area contributed by atoms with Crippen LogP contribution in [0.1, 0.15) is 27.3 Å². The van der Waals surface area contributed by atoms with E-state index in [9.17, 15) is 9.18 Å². The Hall–Kier alpha value is -1.88. The number of nitrogens with zero attached hydrogens (tertiary/aromatic N) is 2. The number of aromatic nitrogens is 2. The van der Waals surface area contributed by atoms with Gasteiger partial charge < -0.3 is 5.11 Å². The van der Waals surface area contributed by atoms with Crippen LogP contribution >= 0.6 is 11.6 Å². The number of rotatable bonds is 3. The fourth-order valence-corrected chi connectivity index (χ4v) is 2.03. The van der Waals surface area contributed by atoms with Gasteiger partial charge in [0, 0.05) is 0 Å². The largest absolute Gasteiger partial charge is 0.478 e. The lowest BCUT2D eigenvalue weighted by atomic mass is 10.1. The van der Waals surface area contributed by atoms with Gasteiger partial charge in [0.2, 0.25) is 0 Å². The van der Waals surface area contributed by atoms with E-state index in [1.807, 2.05) is 0 Å². The molecule has 0 aliphatic carbocycles. The molecule has 0 saturated heterocycles. The van der Waals surface area contributed by atoms with Crippen LogP contribution in [0.4, 0.5) is 4.39 Å². The van der Waals surface area contributed by atoms with Gasteiger partial charge in [0.25, 0.3) is 0 Å². The molecule has 0 bridgehead atoms. The molecule has 0 aliphatic heterocycles. The van der Waals surface area contributed by atoms with Crippen LogP contribution in [0.15, 0.2) is 18.2 Å². The third kappa shape index (κ3) is 2.61. The van der Waals surface area contributed by atoms with Gasteiger partial charge >= 0.3 is 5.97 Å². The van der Waals surface area contributed by atoms with Crippen LogP contribution < -0.4 is 0 Å². The molecule has 1 N–H and O–H groups in total. The molecule has 100 valence electrons. The molecule has 0 aliphatic rings. The number of carboxylic acid groups (broad SMARTS) is 1. The minimum atomic E-state index is -1.09. The molecular formula is C13H12ClFN2O2. The Labute approximate surface area is 114 Å². The van der Waals surface area contributed by atoms with E-state index in [0.29, 0.717) is 16.3 Å². The number of benzene rings is 1. The van der Waals surface area contributed by atoms with E-state index in [1.54, 1.807) is 18.5 Å². The van der Waals surface area contributed by atoms with E-state index in [2.05, 4.69) is 5.10 Å². The van der Waals surface area contributed by atoms with Crippen molar-refractivity contribution in [3.63, 3.8) is 0 Å². The zero-order valence-corrected chi connectivity index (χ0v) is 11.2. The highest BCUT2D eigenvalue weighted by Gasteiger charge is 2.15. The summed E-state index contributed by atoms with van der Waals surface area (Å²) in [5.41, 5.74) is 1.80. The highest BCUT2D eigenvalue weighted by Crippen LogP contribution is 2.21. The van der Waals surface area contributed by atoms with Crippen molar-refractivity contribution < 1.29 is 14.3 Å². The molecular weight excluding hydrogens is 271 g/mol. The summed E-state index contributed by atoms with van der Waals surface area (Å²) in [6.45, 7) is 3.70. The highest BCUT2D eigenvalue weighted by atomic mass is 35.5. The fourth-order valence-electron chi connectivity index (χ4n) is 1.89. The topological polar surface area (TPSA) is 55.1 Å². The lowest BCUT2D eigenvalue weighted by molar-refractivity contribution is 0.0695. The van der Waals surface area contributed by atoms with E-state index >= 15 is 0 Å². The van der Waals surface area contributed by atoms with Gasteiger partial charge in [-0.05, 0) is 37.6 Å². The molecule has 0 spiro atoms. The zero-order chi connectivity index (χ0) is 14.2. The standard InChI is InChI=1S/C13H12ClFN2O2/c1-7-12(14)8(2)17(16-7)6-9-5-10(15)3-4-11(9)13(18)19/h3-5H,6H2,1-2H3,(H,18,19). The summed E-state index contributed by atoms with van der Waals surface area (Å²) in [6.07, 6.45) is 0. The SMILES string of the molecule is Cc1nn(Cc2cc(F)ccc2C(=O)O)c(C)c1Cl. The van der Waals surface area contributed by atoms with Gasteiger partial charge in [-0.3, -0.25) is 4.68 Å². The second-order valence-corrected chi connectivity index (χ2v) is 4.63. The average molecular weight is 283 g/mol. The number of carboxylic acids is 1. The summed E-state index contributed by atoms with van der Waals surface area (Å²) < 4.78 is 14.8. The molecule has 6 heteroatoms. The summed E-state index contributed by atoms with van der Waals surface area (Å²) in [7, 11) is 0. The maximum atomic E-state index is 13.2. The first-order chi connectivity index (χ1) is 8.90. The summed E-state index contributed by atoms with van der Waals surface area (Å²) in [4.78, 5) is 11.1. The minimum Gasteiger partial charge on any atom is -0.478 e. The lowest BCUT2D eigenvalue weighted by Crippen LogP contribution is -2.10. The minimum absolute atomic E-state index is 0.0603. The molecule has 2 rings (SSSR count). The predicted molar refractivity (Wildman–Crippen MR) is 69.2 cm³/mol. The summed E-state index contributed by atoms with van der Waals surface area (Å²) in [6, 6.07) is 3.58. The van der Waals surface area contributed by atoms with Gasteiger partial charge in [-0.15, -0.1) is 0 Å². The number of hydrogen-bond acceptors (Lipinski definition) is 2. The van der Waals surface area contributed by atoms with Gasteiger partial charge in [0.05, 0.1) is 28.5 Å². The molecule has 1 heterocycles. The van der Waals surface area contributed by atoms with Crippen LogP contribution in [0.5, 0.6) is 0 Å². The fraction of sp³-hybridized carbons (Fsp3) is 0.231. The van der Waals surface area contributed by atoms with E-state index in [0.717, 1.165) is 11.8 Å². The Morgan fingerprint density at radius 2 is 2.16 bits per heavy atom. The van der Waals surface area contributed by atoms with Gasteiger partial charge in [-0.25, -0.2) is 9.18 Å². The Morgan fingerprint density at radius 1 is 1.47 bits per heavy atom. The lowest BCUT2D eigenvalue weighted by Gasteiger charge is -2.08. The number of carbonyl (C=O) groups is 1. The predicted octanol–water partition coefficient (Wildman–Crippen LogP) is 3.04. The van der Waals surface area contributed by atoms with Crippen LogP contribution in [0.3, 0.4) is 0 Å². The van der Waals surface area contributed by atoms with Crippen molar-refractivity contribution in [2.75, 3.05) is 0 Å². The quantitative estimate of drug-likeness (QED) is 0.941. The normalized spacial score (nSPS) is 10.7. The van der Waals surface area contributed by atoms with E-state index in [4.69, 9.17) is 16.7 Å². The van der Waals surface area contributed by atoms with E-state index in [-0.39, 0.29) is 12.1 Å². The first kappa shape index (κ1) is 13.5. The van der Waals surface area contributed by atoms with Gasteiger partial charge in [-0.1, -0.05) is 11.6 Å². The first-order valence-corrected chi connectivity index (χ1v) is 5.99. The average Bonchev–Trinajstić information content (AvgIpc) is 2.57. The molecule has 1 aromatic heterocycles. The second-order valence-electron chi connectivity index (χ2n) is 4.25. The molecule has 1 aromatic carbocycles. The smallest absolute Gasteiger partial charge is 0.336 e. The number of aryl methyl sites for hydroxylation is 1. The number of aromatic carboxylic acids is 1. The monoisotopic (exact) mass is 282 g/mol.